The monoisotopic (exact) mass is 734 g/mol. The van der Waals surface area contributed by atoms with Crippen LogP contribution < -0.4 is 4.74 Å². The molecule has 1 fully saturated rings. The molecule has 1 aromatic heterocycles. The van der Waals surface area contributed by atoms with Crippen molar-refractivity contribution in [2.45, 2.75) is 114 Å². The number of carbonyl (C=O) groups excluding carboxylic acids is 4. The van der Waals surface area contributed by atoms with E-state index in [4.69, 9.17) is 28.4 Å². The fraction of sp³-hybridized carbons (Fsp3) is 0.537. The number of hydrogen-bond acceptors (Lipinski definition) is 11. The Morgan fingerprint density at radius 3 is 1.74 bits per heavy atom. The molecule has 1 N–H and O–H groups in total. The van der Waals surface area contributed by atoms with E-state index in [1.54, 1.807) is 83.1 Å². The van der Waals surface area contributed by atoms with E-state index in [1.165, 1.54) is 0 Å². The first-order valence-corrected chi connectivity index (χ1v) is 17.8. The van der Waals surface area contributed by atoms with Crippen molar-refractivity contribution < 1.29 is 47.6 Å². The largest absolute Gasteiger partial charge is 0.462 e. The van der Waals surface area contributed by atoms with Crippen molar-refractivity contribution in [2.24, 2.45) is 21.7 Å². The lowest BCUT2D eigenvalue weighted by molar-refractivity contribution is -0.294. The zero-order valence-electron chi connectivity index (χ0n) is 32.9. The molecular formula is C41H54N2O10. The van der Waals surface area contributed by atoms with E-state index in [-0.39, 0.29) is 5.88 Å². The molecule has 2 heterocycles. The van der Waals surface area contributed by atoms with Crippen LogP contribution >= 0.6 is 0 Å². The van der Waals surface area contributed by atoms with Gasteiger partial charge in [-0.25, -0.2) is 0 Å². The summed E-state index contributed by atoms with van der Waals surface area (Å²) in [4.78, 5) is 53.7. The zero-order valence-corrected chi connectivity index (χ0v) is 32.9. The Labute approximate surface area is 311 Å². The number of nitrogens with one attached hydrogen (secondary N) is 1. The molecule has 0 saturated carbocycles. The lowest BCUT2D eigenvalue weighted by Crippen LogP contribution is -2.65. The normalized spacial score (nSPS) is 21.2. The van der Waals surface area contributed by atoms with E-state index in [0.29, 0.717) is 10.9 Å². The highest BCUT2D eigenvalue weighted by Gasteiger charge is 2.56. The van der Waals surface area contributed by atoms with Gasteiger partial charge in [-0.15, -0.1) is 5.10 Å². The van der Waals surface area contributed by atoms with Crippen molar-refractivity contribution in [3.05, 3.63) is 59.7 Å². The van der Waals surface area contributed by atoms with Crippen LogP contribution in [-0.2, 0) is 42.9 Å². The van der Waals surface area contributed by atoms with Crippen LogP contribution in [0.25, 0.3) is 23.1 Å². The number of carbonyl (C=O) groups is 4. The fourth-order valence-electron chi connectivity index (χ4n) is 4.94. The lowest BCUT2D eigenvalue weighted by atomic mass is 9.93. The smallest absolute Gasteiger partial charge is 0.311 e. The first kappa shape index (κ1) is 41.1. The molecule has 53 heavy (non-hydrogen) atoms. The zero-order chi connectivity index (χ0) is 39.5. The topological polar surface area (TPSA) is 152 Å². The minimum absolute atomic E-state index is 0.103. The van der Waals surface area contributed by atoms with Crippen molar-refractivity contribution >= 4 is 46.9 Å². The van der Waals surface area contributed by atoms with Gasteiger partial charge in [0.1, 0.15) is 12.7 Å². The number of H-pyrrole nitrogens is 1. The van der Waals surface area contributed by atoms with Crippen LogP contribution in [0, 0.1) is 21.7 Å². The summed E-state index contributed by atoms with van der Waals surface area (Å²) in [5, 5.41) is 8.03. The van der Waals surface area contributed by atoms with Crippen LogP contribution in [0.1, 0.15) is 94.2 Å². The van der Waals surface area contributed by atoms with Gasteiger partial charge in [0.25, 0.3) is 0 Å². The summed E-state index contributed by atoms with van der Waals surface area (Å²) >= 11 is 0. The van der Waals surface area contributed by atoms with Crippen LogP contribution in [0.15, 0.2) is 48.5 Å². The van der Waals surface area contributed by atoms with Gasteiger partial charge in [-0.3, -0.25) is 24.3 Å². The lowest BCUT2D eigenvalue weighted by Gasteiger charge is -2.45. The number of esters is 4. The van der Waals surface area contributed by atoms with Crippen molar-refractivity contribution in [1.29, 1.82) is 0 Å². The second kappa shape index (κ2) is 15.7. The third-order valence-corrected chi connectivity index (χ3v) is 8.22. The van der Waals surface area contributed by atoms with Crippen LogP contribution in [-0.4, -0.2) is 71.4 Å². The van der Waals surface area contributed by atoms with Gasteiger partial charge in [-0.05, 0) is 100 Å². The Bertz CT molecular complexity index is 1800. The molecule has 2 aromatic carbocycles. The van der Waals surface area contributed by atoms with Gasteiger partial charge in [0.05, 0.1) is 32.6 Å². The number of fused-ring (bicyclic) bond motifs is 1. The van der Waals surface area contributed by atoms with Gasteiger partial charge in [0, 0.05) is 0 Å². The van der Waals surface area contributed by atoms with Gasteiger partial charge in [-0.2, -0.15) is 0 Å². The van der Waals surface area contributed by atoms with Gasteiger partial charge >= 0.3 is 23.9 Å². The molecule has 12 nitrogen and oxygen atoms in total. The number of nitrogens with zero attached hydrogens (tertiary/aromatic N) is 1. The number of aromatic amines is 1. The summed E-state index contributed by atoms with van der Waals surface area (Å²) in [7, 11) is 0. The third-order valence-electron chi connectivity index (χ3n) is 8.22. The number of benzene rings is 2. The van der Waals surface area contributed by atoms with Crippen molar-refractivity contribution in [2.75, 3.05) is 6.61 Å². The third kappa shape index (κ3) is 10.5. The molecule has 0 amide bonds. The van der Waals surface area contributed by atoms with E-state index >= 15 is 0 Å². The average molecular weight is 735 g/mol. The van der Waals surface area contributed by atoms with E-state index < -0.39 is 82.8 Å². The standard InChI is InChI=1S/C41H54N2O10/c1-38(2,3)34(44)48-23-27-29(50-35(45)39(4,5)6)30(51-36(46)40(7,8)9)31(52-37(47)41(10,11)12)33(49-27)53-32-28-25(19-16-20-26(28)42-43-32)22-21-24-17-14-13-15-18-24/h13-22,27,29-31,33H,23H2,1-12H3,(H,42,43)/t27-,29-,30+,31-,33+/m1/s1. The molecular weight excluding hydrogens is 680 g/mol. The SMILES string of the molecule is CC(C)(C)C(=O)OC[C@H]1O[C@@H](Oc2n[nH]c3cccc(C=Cc4ccccc4)c23)[C@H](OC(=O)C(C)(C)C)[C@@H](OC(=O)C(C)(C)C)[C@@H]1OC(=O)C(C)(C)C. The van der Waals surface area contributed by atoms with E-state index in [9.17, 15) is 19.2 Å². The highest BCUT2D eigenvalue weighted by Crippen LogP contribution is 2.37. The molecule has 0 unspecified atom stereocenters. The maximum Gasteiger partial charge on any atom is 0.311 e. The van der Waals surface area contributed by atoms with Crippen LogP contribution in [0.2, 0.25) is 0 Å². The van der Waals surface area contributed by atoms with Gasteiger partial charge in [0.15, 0.2) is 12.2 Å². The highest BCUT2D eigenvalue weighted by atomic mass is 16.7. The molecule has 1 aliphatic heterocycles. The quantitative estimate of drug-likeness (QED) is 0.134. The minimum Gasteiger partial charge on any atom is -0.462 e. The first-order valence-electron chi connectivity index (χ1n) is 17.8. The van der Waals surface area contributed by atoms with E-state index in [2.05, 4.69) is 10.2 Å². The van der Waals surface area contributed by atoms with Crippen LogP contribution in [0.3, 0.4) is 0 Å². The van der Waals surface area contributed by atoms with Crippen LogP contribution in [0.4, 0.5) is 0 Å². The Balaban J connectivity index is 1.87. The van der Waals surface area contributed by atoms with Gasteiger partial charge in [-0.1, -0.05) is 54.6 Å². The molecule has 0 aliphatic carbocycles. The molecule has 12 heteroatoms. The second-order valence-electron chi connectivity index (χ2n) is 17.4. The Hall–Kier alpha value is -4.71. The van der Waals surface area contributed by atoms with Gasteiger partial charge < -0.3 is 28.4 Å². The molecule has 4 rings (SSSR count). The Morgan fingerprint density at radius 1 is 0.660 bits per heavy atom. The predicted molar refractivity (Wildman–Crippen MR) is 199 cm³/mol. The number of ether oxygens (including phenoxy) is 6. The fourth-order valence-corrected chi connectivity index (χ4v) is 4.94. The first-order chi connectivity index (χ1) is 24.5. The Morgan fingerprint density at radius 2 is 1.19 bits per heavy atom. The summed E-state index contributed by atoms with van der Waals surface area (Å²) in [6.07, 6.45) is -3.17. The number of hydrogen-bond donors (Lipinski definition) is 1. The summed E-state index contributed by atoms with van der Waals surface area (Å²) in [5.41, 5.74) is -1.49. The molecule has 3 aromatic rings. The summed E-state index contributed by atoms with van der Waals surface area (Å²) in [6, 6.07) is 15.4. The molecule has 1 aliphatic rings. The summed E-state index contributed by atoms with van der Waals surface area (Å²) < 4.78 is 36.9. The maximum absolute atomic E-state index is 13.6. The minimum atomic E-state index is -1.49. The van der Waals surface area contributed by atoms with Gasteiger partial charge in [0.2, 0.25) is 18.3 Å². The van der Waals surface area contributed by atoms with E-state index in [1.807, 2.05) is 60.7 Å². The maximum atomic E-state index is 13.6. The van der Waals surface area contributed by atoms with E-state index in [0.717, 1.165) is 11.1 Å². The molecule has 288 valence electrons. The molecule has 0 radical (unpaired) electrons. The molecule has 0 bridgehead atoms. The number of aromatic nitrogens is 2. The Kier molecular flexibility index (Phi) is 12.2. The summed E-state index contributed by atoms with van der Waals surface area (Å²) in [5.74, 6) is -2.42. The number of rotatable bonds is 9. The highest BCUT2D eigenvalue weighted by molar-refractivity contribution is 5.94. The summed E-state index contributed by atoms with van der Waals surface area (Å²) in [6.45, 7) is 19.7. The van der Waals surface area contributed by atoms with Crippen molar-refractivity contribution in [3.63, 3.8) is 0 Å². The molecule has 5 atom stereocenters. The average Bonchev–Trinajstić information content (AvgIpc) is 3.46. The van der Waals surface area contributed by atoms with Crippen LogP contribution in [0.5, 0.6) is 5.88 Å². The van der Waals surface area contributed by atoms with Crippen molar-refractivity contribution in [1.82, 2.24) is 10.2 Å². The molecule has 0 spiro atoms. The second-order valence-corrected chi connectivity index (χ2v) is 17.4. The predicted octanol–water partition coefficient (Wildman–Crippen LogP) is 7.30. The van der Waals surface area contributed by atoms with Crippen molar-refractivity contribution in [3.8, 4) is 5.88 Å². The molecule has 1 saturated heterocycles.